The van der Waals surface area contributed by atoms with Gasteiger partial charge >= 0.3 is 0 Å². The van der Waals surface area contributed by atoms with Crippen LogP contribution in [-0.2, 0) is 0 Å². The molecular formula is C15H13N3O. The number of methoxy groups -OCH3 is 1. The van der Waals surface area contributed by atoms with E-state index in [0.717, 1.165) is 17.0 Å². The van der Waals surface area contributed by atoms with Crippen LogP contribution >= 0.6 is 0 Å². The summed E-state index contributed by atoms with van der Waals surface area (Å²) in [7, 11) is 1.66. The van der Waals surface area contributed by atoms with Gasteiger partial charge < -0.3 is 4.74 Å². The third kappa shape index (κ3) is 2.47. The molecule has 3 rings (SSSR count). The molecule has 4 nitrogen and oxygen atoms in total. The number of rotatable bonds is 3. The monoisotopic (exact) mass is 251 g/mol. The lowest BCUT2D eigenvalue weighted by atomic mass is 10.2. The summed E-state index contributed by atoms with van der Waals surface area (Å²) >= 11 is 0. The molecule has 0 N–H and O–H groups in total. The number of hydrogen-bond acceptors (Lipinski definition) is 3. The number of hydrogen-bond donors (Lipinski definition) is 0. The van der Waals surface area contributed by atoms with E-state index in [9.17, 15) is 0 Å². The summed E-state index contributed by atoms with van der Waals surface area (Å²) in [6.07, 6.45) is 9.60. The molecule has 3 aromatic rings. The summed E-state index contributed by atoms with van der Waals surface area (Å²) in [4.78, 5) is 8.58. The molecule has 0 aliphatic carbocycles. The maximum absolute atomic E-state index is 5.12. The standard InChI is InChI=1S/C15H13N3O/c1-19-14-7-4-12(5-8-14)3-6-13-11-18-10-2-9-16-15(18)17-13/h2-11H,1H3/b6-3+. The van der Waals surface area contributed by atoms with Gasteiger partial charge in [0.2, 0.25) is 5.78 Å². The van der Waals surface area contributed by atoms with Crippen molar-refractivity contribution < 1.29 is 4.74 Å². The fourth-order valence-electron chi connectivity index (χ4n) is 1.83. The second-order valence-corrected chi connectivity index (χ2v) is 4.10. The lowest BCUT2D eigenvalue weighted by molar-refractivity contribution is 0.415. The first-order valence-corrected chi connectivity index (χ1v) is 5.97. The molecule has 2 aromatic heterocycles. The van der Waals surface area contributed by atoms with Crippen LogP contribution in [0.1, 0.15) is 11.3 Å². The summed E-state index contributed by atoms with van der Waals surface area (Å²) in [5.41, 5.74) is 1.99. The van der Waals surface area contributed by atoms with Crippen LogP contribution in [0.4, 0.5) is 0 Å². The first-order valence-electron chi connectivity index (χ1n) is 5.97. The van der Waals surface area contributed by atoms with E-state index in [1.165, 1.54) is 0 Å². The zero-order valence-electron chi connectivity index (χ0n) is 10.5. The second-order valence-electron chi connectivity index (χ2n) is 4.10. The number of benzene rings is 1. The molecule has 0 radical (unpaired) electrons. The molecule has 2 heterocycles. The minimum Gasteiger partial charge on any atom is -0.497 e. The van der Waals surface area contributed by atoms with E-state index < -0.39 is 0 Å². The van der Waals surface area contributed by atoms with Gasteiger partial charge in [0.1, 0.15) is 5.75 Å². The largest absolute Gasteiger partial charge is 0.497 e. The van der Waals surface area contributed by atoms with Gasteiger partial charge in [0.25, 0.3) is 0 Å². The third-order valence-corrected chi connectivity index (χ3v) is 2.82. The highest BCUT2D eigenvalue weighted by Gasteiger charge is 1.98. The van der Waals surface area contributed by atoms with E-state index in [1.54, 1.807) is 13.3 Å². The summed E-state index contributed by atoms with van der Waals surface area (Å²) in [6.45, 7) is 0. The molecule has 4 heteroatoms. The number of ether oxygens (including phenoxy) is 1. The van der Waals surface area contributed by atoms with Crippen LogP contribution in [0, 0.1) is 0 Å². The number of aromatic nitrogens is 3. The van der Waals surface area contributed by atoms with Gasteiger partial charge in [-0.1, -0.05) is 18.2 Å². The molecule has 0 unspecified atom stereocenters. The van der Waals surface area contributed by atoms with Gasteiger partial charge in [0.05, 0.1) is 12.8 Å². The van der Waals surface area contributed by atoms with Crippen LogP contribution in [0.3, 0.4) is 0 Å². The normalized spacial score (nSPS) is 11.2. The van der Waals surface area contributed by atoms with Crippen LogP contribution in [0.15, 0.2) is 48.9 Å². The van der Waals surface area contributed by atoms with Crippen molar-refractivity contribution in [2.45, 2.75) is 0 Å². The van der Waals surface area contributed by atoms with Crippen molar-refractivity contribution in [2.75, 3.05) is 7.11 Å². The molecule has 0 saturated carbocycles. The molecular weight excluding hydrogens is 238 g/mol. The summed E-state index contributed by atoms with van der Waals surface area (Å²) in [5, 5.41) is 0. The minimum atomic E-state index is 0.705. The lowest BCUT2D eigenvalue weighted by Crippen LogP contribution is -1.82. The Morgan fingerprint density at radius 3 is 2.74 bits per heavy atom. The molecule has 0 saturated heterocycles. The van der Waals surface area contributed by atoms with Gasteiger partial charge in [-0.3, -0.25) is 4.40 Å². The van der Waals surface area contributed by atoms with Gasteiger partial charge in [-0.15, -0.1) is 0 Å². The van der Waals surface area contributed by atoms with Crippen molar-refractivity contribution in [3.05, 3.63) is 60.2 Å². The molecule has 0 amide bonds. The Morgan fingerprint density at radius 2 is 2.00 bits per heavy atom. The maximum Gasteiger partial charge on any atom is 0.234 e. The topological polar surface area (TPSA) is 39.4 Å². The minimum absolute atomic E-state index is 0.705. The molecule has 19 heavy (non-hydrogen) atoms. The molecule has 0 bridgehead atoms. The Balaban J connectivity index is 1.84. The second kappa shape index (κ2) is 4.94. The highest BCUT2D eigenvalue weighted by atomic mass is 16.5. The fourth-order valence-corrected chi connectivity index (χ4v) is 1.83. The summed E-state index contributed by atoms with van der Waals surface area (Å²) in [6, 6.07) is 9.76. The van der Waals surface area contributed by atoms with E-state index in [1.807, 2.05) is 59.3 Å². The average Bonchev–Trinajstić information content (AvgIpc) is 2.88. The molecule has 0 spiro atoms. The van der Waals surface area contributed by atoms with Crippen LogP contribution in [0.25, 0.3) is 17.9 Å². The van der Waals surface area contributed by atoms with Crippen molar-refractivity contribution in [3.8, 4) is 5.75 Å². The van der Waals surface area contributed by atoms with E-state index in [-0.39, 0.29) is 0 Å². The fraction of sp³-hybridized carbons (Fsp3) is 0.0667. The quantitative estimate of drug-likeness (QED) is 0.718. The van der Waals surface area contributed by atoms with Crippen molar-refractivity contribution in [3.63, 3.8) is 0 Å². The van der Waals surface area contributed by atoms with E-state index in [4.69, 9.17) is 4.74 Å². The Bertz CT molecular complexity index is 681. The average molecular weight is 251 g/mol. The zero-order valence-corrected chi connectivity index (χ0v) is 10.5. The number of imidazole rings is 1. The Hall–Kier alpha value is -2.62. The van der Waals surface area contributed by atoms with Crippen molar-refractivity contribution in [1.29, 1.82) is 0 Å². The molecule has 94 valence electrons. The van der Waals surface area contributed by atoms with Crippen LogP contribution in [0.5, 0.6) is 5.75 Å². The Kier molecular flexibility index (Phi) is 2.98. The van der Waals surface area contributed by atoms with Crippen LogP contribution < -0.4 is 4.74 Å². The van der Waals surface area contributed by atoms with Gasteiger partial charge in [-0.05, 0) is 29.8 Å². The SMILES string of the molecule is COc1ccc(/C=C/c2cn3cccnc3n2)cc1. The van der Waals surface area contributed by atoms with Gasteiger partial charge in [0, 0.05) is 18.6 Å². The predicted molar refractivity (Wildman–Crippen MR) is 74.9 cm³/mol. The molecule has 0 aliphatic heterocycles. The zero-order chi connectivity index (χ0) is 13.1. The molecule has 0 atom stereocenters. The van der Waals surface area contributed by atoms with E-state index >= 15 is 0 Å². The summed E-state index contributed by atoms with van der Waals surface area (Å²) < 4.78 is 7.02. The molecule has 0 aliphatic rings. The van der Waals surface area contributed by atoms with Crippen molar-refractivity contribution in [1.82, 2.24) is 14.4 Å². The predicted octanol–water partition coefficient (Wildman–Crippen LogP) is 2.91. The molecule has 0 fully saturated rings. The van der Waals surface area contributed by atoms with Crippen LogP contribution in [0.2, 0.25) is 0 Å². The van der Waals surface area contributed by atoms with Gasteiger partial charge in [-0.25, -0.2) is 9.97 Å². The van der Waals surface area contributed by atoms with E-state index in [2.05, 4.69) is 9.97 Å². The van der Waals surface area contributed by atoms with Gasteiger partial charge in [-0.2, -0.15) is 0 Å². The number of fused-ring (bicyclic) bond motifs is 1. The Labute approximate surface area is 111 Å². The first-order chi connectivity index (χ1) is 9.35. The highest BCUT2D eigenvalue weighted by Crippen LogP contribution is 2.13. The smallest absolute Gasteiger partial charge is 0.234 e. The molecule has 1 aromatic carbocycles. The van der Waals surface area contributed by atoms with Crippen LogP contribution in [-0.4, -0.2) is 21.5 Å². The van der Waals surface area contributed by atoms with Gasteiger partial charge in [0.15, 0.2) is 0 Å². The maximum atomic E-state index is 5.12. The lowest BCUT2D eigenvalue weighted by Gasteiger charge is -1.98. The van der Waals surface area contributed by atoms with E-state index in [0.29, 0.717) is 5.78 Å². The van der Waals surface area contributed by atoms with Crippen molar-refractivity contribution in [2.24, 2.45) is 0 Å². The third-order valence-electron chi connectivity index (χ3n) is 2.82. The summed E-state index contributed by atoms with van der Waals surface area (Å²) in [5.74, 6) is 1.56. The Morgan fingerprint density at radius 1 is 1.16 bits per heavy atom. The first kappa shape index (κ1) is 11.5. The van der Waals surface area contributed by atoms with Crippen molar-refractivity contribution >= 4 is 17.9 Å². The number of nitrogens with zero attached hydrogens (tertiary/aromatic N) is 3. The highest BCUT2D eigenvalue weighted by molar-refractivity contribution is 5.68.